The molecule has 0 aromatic heterocycles. The Morgan fingerprint density at radius 3 is 2.35 bits per heavy atom. The van der Waals surface area contributed by atoms with E-state index in [9.17, 15) is 9.59 Å². The molecule has 2 amide bonds. The Morgan fingerprint density at radius 2 is 1.82 bits per heavy atom. The van der Waals surface area contributed by atoms with E-state index in [-0.39, 0.29) is 24.9 Å². The fraction of sp³-hybridized carbons (Fsp3) is 0.833. The van der Waals surface area contributed by atoms with Crippen LogP contribution >= 0.6 is 0 Å². The molecule has 5 nitrogen and oxygen atoms in total. The minimum Gasteiger partial charge on any atom is -0.355 e. The Balaban J connectivity index is 2.04. The molecular weight excluding hydrogens is 218 g/mol. The third kappa shape index (κ3) is 5.68. The SMILES string of the molecule is CCN(CC)C(=O)CNCC(=O)NCC1CC1. The quantitative estimate of drug-likeness (QED) is 0.627. The fourth-order valence-electron chi connectivity index (χ4n) is 1.61. The van der Waals surface area contributed by atoms with Gasteiger partial charge in [0.25, 0.3) is 0 Å². The molecule has 1 saturated carbocycles. The topological polar surface area (TPSA) is 61.4 Å². The normalized spacial score (nSPS) is 14.5. The molecule has 1 aliphatic carbocycles. The van der Waals surface area contributed by atoms with Crippen LogP contribution in [0.2, 0.25) is 0 Å². The average molecular weight is 241 g/mol. The van der Waals surface area contributed by atoms with Gasteiger partial charge in [-0.25, -0.2) is 0 Å². The Kier molecular flexibility index (Phi) is 5.97. The third-order valence-corrected chi connectivity index (χ3v) is 2.96. The zero-order chi connectivity index (χ0) is 12.7. The van der Waals surface area contributed by atoms with Crippen molar-refractivity contribution in [3.8, 4) is 0 Å². The molecule has 0 aromatic carbocycles. The minimum atomic E-state index is -0.0238. The summed E-state index contributed by atoms with van der Waals surface area (Å²) in [4.78, 5) is 24.7. The summed E-state index contributed by atoms with van der Waals surface area (Å²) in [5, 5.41) is 5.72. The van der Waals surface area contributed by atoms with E-state index < -0.39 is 0 Å². The van der Waals surface area contributed by atoms with Crippen LogP contribution in [0.3, 0.4) is 0 Å². The smallest absolute Gasteiger partial charge is 0.236 e. The highest BCUT2D eigenvalue weighted by Gasteiger charge is 2.21. The van der Waals surface area contributed by atoms with Crippen LogP contribution in [0.15, 0.2) is 0 Å². The number of hydrogen-bond donors (Lipinski definition) is 2. The van der Waals surface area contributed by atoms with Crippen molar-refractivity contribution in [2.75, 3.05) is 32.7 Å². The number of likely N-dealkylation sites (N-methyl/N-ethyl adjacent to an activating group) is 1. The molecule has 0 radical (unpaired) electrons. The largest absolute Gasteiger partial charge is 0.355 e. The van der Waals surface area contributed by atoms with Gasteiger partial charge in [-0.2, -0.15) is 0 Å². The van der Waals surface area contributed by atoms with Crippen molar-refractivity contribution >= 4 is 11.8 Å². The van der Waals surface area contributed by atoms with Gasteiger partial charge in [-0.15, -0.1) is 0 Å². The lowest BCUT2D eigenvalue weighted by molar-refractivity contribution is -0.129. The Hall–Kier alpha value is -1.10. The predicted molar refractivity (Wildman–Crippen MR) is 66.5 cm³/mol. The molecule has 1 fully saturated rings. The first kappa shape index (κ1) is 14.0. The number of nitrogens with one attached hydrogen (secondary N) is 2. The van der Waals surface area contributed by atoms with E-state index in [4.69, 9.17) is 0 Å². The van der Waals surface area contributed by atoms with Crippen molar-refractivity contribution in [2.45, 2.75) is 26.7 Å². The second-order valence-corrected chi connectivity index (χ2v) is 4.42. The van der Waals surface area contributed by atoms with Gasteiger partial charge in [0.15, 0.2) is 0 Å². The van der Waals surface area contributed by atoms with Crippen molar-refractivity contribution in [3.63, 3.8) is 0 Å². The van der Waals surface area contributed by atoms with Crippen molar-refractivity contribution < 1.29 is 9.59 Å². The molecule has 1 aliphatic rings. The minimum absolute atomic E-state index is 0.0238. The number of hydrogen-bond acceptors (Lipinski definition) is 3. The summed E-state index contributed by atoms with van der Waals surface area (Å²) in [6, 6.07) is 0. The van der Waals surface area contributed by atoms with E-state index in [0.717, 1.165) is 6.54 Å². The van der Waals surface area contributed by atoms with Crippen LogP contribution in [0, 0.1) is 5.92 Å². The van der Waals surface area contributed by atoms with Crippen LogP contribution in [0.5, 0.6) is 0 Å². The molecule has 0 heterocycles. The van der Waals surface area contributed by atoms with Crippen LogP contribution < -0.4 is 10.6 Å². The lowest BCUT2D eigenvalue weighted by atomic mass is 10.4. The van der Waals surface area contributed by atoms with Crippen molar-refractivity contribution in [2.24, 2.45) is 5.92 Å². The van der Waals surface area contributed by atoms with Gasteiger partial charge in [-0.05, 0) is 32.6 Å². The highest BCUT2D eigenvalue weighted by molar-refractivity contribution is 5.81. The molecule has 0 aromatic rings. The van der Waals surface area contributed by atoms with E-state index in [2.05, 4.69) is 10.6 Å². The first-order chi connectivity index (χ1) is 8.17. The molecular formula is C12H23N3O2. The number of nitrogens with zero attached hydrogens (tertiary/aromatic N) is 1. The highest BCUT2D eigenvalue weighted by atomic mass is 16.2. The Morgan fingerprint density at radius 1 is 1.18 bits per heavy atom. The second-order valence-electron chi connectivity index (χ2n) is 4.42. The number of rotatable bonds is 8. The van der Waals surface area contributed by atoms with Gasteiger partial charge in [-0.3, -0.25) is 14.9 Å². The molecule has 0 unspecified atom stereocenters. The summed E-state index contributed by atoms with van der Waals surface area (Å²) < 4.78 is 0. The summed E-state index contributed by atoms with van der Waals surface area (Å²) in [6.07, 6.45) is 2.46. The monoisotopic (exact) mass is 241 g/mol. The zero-order valence-electron chi connectivity index (χ0n) is 10.8. The predicted octanol–water partition coefficient (Wildman–Crippen LogP) is -0.0294. The maximum absolute atomic E-state index is 11.6. The van der Waals surface area contributed by atoms with Crippen LogP contribution in [0.25, 0.3) is 0 Å². The Bertz CT molecular complexity index is 260. The van der Waals surface area contributed by atoms with Gasteiger partial charge in [-0.1, -0.05) is 0 Å². The summed E-state index contributed by atoms with van der Waals surface area (Å²) in [5.41, 5.74) is 0. The maximum atomic E-state index is 11.6. The number of carbonyl (C=O) groups excluding carboxylic acids is 2. The first-order valence-corrected chi connectivity index (χ1v) is 6.42. The summed E-state index contributed by atoms with van der Waals surface area (Å²) >= 11 is 0. The lowest BCUT2D eigenvalue weighted by Gasteiger charge is -2.18. The highest BCUT2D eigenvalue weighted by Crippen LogP contribution is 2.27. The average Bonchev–Trinajstić information content (AvgIpc) is 3.12. The third-order valence-electron chi connectivity index (χ3n) is 2.96. The van der Waals surface area contributed by atoms with Gasteiger partial charge < -0.3 is 10.2 Å². The molecule has 0 spiro atoms. The van der Waals surface area contributed by atoms with Crippen LogP contribution in [0.4, 0.5) is 0 Å². The van der Waals surface area contributed by atoms with Crippen molar-refractivity contribution in [3.05, 3.63) is 0 Å². The molecule has 2 N–H and O–H groups in total. The fourth-order valence-corrected chi connectivity index (χ4v) is 1.61. The van der Waals surface area contributed by atoms with Gasteiger partial charge in [0.05, 0.1) is 13.1 Å². The molecule has 5 heteroatoms. The van der Waals surface area contributed by atoms with Crippen molar-refractivity contribution in [1.29, 1.82) is 0 Å². The van der Waals surface area contributed by atoms with Crippen LogP contribution in [0.1, 0.15) is 26.7 Å². The molecule has 1 rings (SSSR count). The van der Waals surface area contributed by atoms with E-state index in [1.165, 1.54) is 12.8 Å². The van der Waals surface area contributed by atoms with Gasteiger partial charge in [0.2, 0.25) is 11.8 Å². The molecule has 17 heavy (non-hydrogen) atoms. The summed E-state index contributed by atoms with van der Waals surface area (Å²) in [5.74, 6) is 0.713. The second kappa shape index (κ2) is 7.27. The molecule has 0 saturated heterocycles. The van der Waals surface area contributed by atoms with Gasteiger partial charge in [0, 0.05) is 19.6 Å². The van der Waals surface area contributed by atoms with Gasteiger partial charge in [0.1, 0.15) is 0 Å². The van der Waals surface area contributed by atoms with Crippen molar-refractivity contribution in [1.82, 2.24) is 15.5 Å². The first-order valence-electron chi connectivity index (χ1n) is 6.42. The molecule has 0 aliphatic heterocycles. The molecule has 98 valence electrons. The zero-order valence-corrected chi connectivity index (χ0v) is 10.8. The summed E-state index contributed by atoms with van der Waals surface area (Å²) in [7, 11) is 0. The van der Waals surface area contributed by atoms with E-state index in [1.54, 1.807) is 4.90 Å². The lowest BCUT2D eigenvalue weighted by Crippen LogP contribution is -2.41. The van der Waals surface area contributed by atoms with E-state index in [1.807, 2.05) is 13.8 Å². The Labute approximate surface area is 103 Å². The maximum Gasteiger partial charge on any atom is 0.236 e. The molecule has 0 bridgehead atoms. The van der Waals surface area contributed by atoms with Gasteiger partial charge >= 0.3 is 0 Å². The van der Waals surface area contributed by atoms with Crippen LogP contribution in [-0.2, 0) is 9.59 Å². The summed E-state index contributed by atoms with van der Waals surface area (Å²) in [6.45, 7) is 6.56. The standard InChI is InChI=1S/C12H23N3O2/c1-3-15(4-2)12(17)9-13-8-11(16)14-7-10-5-6-10/h10,13H,3-9H2,1-2H3,(H,14,16). The number of carbonyl (C=O) groups is 2. The van der Waals surface area contributed by atoms with E-state index in [0.29, 0.717) is 19.0 Å². The molecule has 0 atom stereocenters. The number of amides is 2. The van der Waals surface area contributed by atoms with Crippen LogP contribution in [-0.4, -0.2) is 49.4 Å². The van der Waals surface area contributed by atoms with E-state index >= 15 is 0 Å².